The highest BCUT2D eigenvalue weighted by Gasteiger charge is 2.41. The van der Waals surface area contributed by atoms with Crippen LogP contribution in [0.15, 0.2) is 24.3 Å². The molecule has 1 aliphatic carbocycles. The number of carbonyl (C=O) groups excluding carboxylic acids is 1. The van der Waals surface area contributed by atoms with Crippen LogP contribution in [0.1, 0.15) is 36.0 Å². The molecular weight excluding hydrogens is 305 g/mol. The zero-order valence-electron chi connectivity index (χ0n) is 11.3. The van der Waals surface area contributed by atoms with Gasteiger partial charge in [0.05, 0.1) is 5.92 Å². The number of carbonyl (C=O) groups is 1. The fourth-order valence-electron chi connectivity index (χ4n) is 2.47. The van der Waals surface area contributed by atoms with Gasteiger partial charge in [0.25, 0.3) is 5.91 Å². The van der Waals surface area contributed by atoms with Crippen molar-refractivity contribution in [2.45, 2.75) is 37.9 Å². The number of amides is 1. The summed E-state index contributed by atoms with van der Waals surface area (Å²) in [7, 11) is 0. The minimum Gasteiger partial charge on any atom is -0.399 e. The van der Waals surface area contributed by atoms with Crippen LogP contribution >= 0.6 is 12.4 Å². The normalized spacial score (nSPS) is 22.2. The van der Waals surface area contributed by atoms with E-state index in [1.807, 2.05) is 0 Å². The molecule has 0 heterocycles. The highest BCUT2D eigenvalue weighted by atomic mass is 35.5. The molecule has 2 rings (SSSR count). The first-order valence-corrected chi connectivity index (χ1v) is 6.59. The second-order valence-electron chi connectivity index (χ2n) is 5.19. The highest BCUT2D eigenvalue weighted by Crippen LogP contribution is 2.37. The predicted molar refractivity (Wildman–Crippen MR) is 77.4 cm³/mol. The number of nitrogens with two attached hydrogens (primary N) is 1. The molecule has 0 aromatic heterocycles. The van der Waals surface area contributed by atoms with Crippen molar-refractivity contribution in [3.63, 3.8) is 0 Å². The maximum Gasteiger partial charge on any atom is 0.391 e. The van der Waals surface area contributed by atoms with Gasteiger partial charge in [0.1, 0.15) is 0 Å². The van der Waals surface area contributed by atoms with Crippen molar-refractivity contribution in [2.75, 3.05) is 5.73 Å². The van der Waals surface area contributed by atoms with Crippen LogP contribution in [0.3, 0.4) is 0 Å². The van der Waals surface area contributed by atoms with E-state index in [9.17, 15) is 18.0 Å². The molecule has 0 aliphatic heterocycles. The minimum absolute atomic E-state index is 0. The lowest BCUT2D eigenvalue weighted by Crippen LogP contribution is -2.40. The summed E-state index contributed by atoms with van der Waals surface area (Å²) >= 11 is 0. The van der Waals surface area contributed by atoms with Crippen molar-refractivity contribution in [1.29, 1.82) is 0 Å². The van der Waals surface area contributed by atoms with Gasteiger partial charge in [0.15, 0.2) is 0 Å². The third-order valence-electron chi connectivity index (χ3n) is 3.70. The zero-order chi connectivity index (χ0) is 14.8. The molecule has 3 nitrogen and oxygen atoms in total. The highest BCUT2D eigenvalue weighted by molar-refractivity contribution is 5.94. The maximum absolute atomic E-state index is 12.5. The molecule has 0 radical (unpaired) electrons. The number of rotatable bonds is 2. The van der Waals surface area contributed by atoms with Gasteiger partial charge in [0, 0.05) is 17.3 Å². The summed E-state index contributed by atoms with van der Waals surface area (Å²) in [5.74, 6) is -1.49. The van der Waals surface area contributed by atoms with E-state index in [0.29, 0.717) is 24.1 Å². The Kier molecular flexibility index (Phi) is 5.89. The summed E-state index contributed by atoms with van der Waals surface area (Å²) in [6.45, 7) is 0. The van der Waals surface area contributed by atoms with Crippen molar-refractivity contribution in [2.24, 2.45) is 5.92 Å². The van der Waals surface area contributed by atoms with Gasteiger partial charge in [-0.3, -0.25) is 4.79 Å². The second kappa shape index (κ2) is 7.02. The van der Waals surface area contributed by atoms with Crippen LogP contribution in [0, 0.1) is 5.92 Å². The Hall–Kier alpha value is -1.43. The van der Waals surface area contributed by atoms with Gasteiger partial charge in [-0.15, -0.1) is 12.4 Å². The monoisotopic (exact) mass is 322 g/mol. The first-order chi connectivity index (χ1) is 9.36. The smallest absolute Gasteiger partial charge is 0.391 e. The number of nitrogen functional groups attached to an aromatic ring is 1. The zero-order valence-corrected chi connectivity index (χ0v) is 12.1. The first kappa shape index (κ1) is 17.6. The molecule has 1 fully saturated rings. The van der Waals surface area contributed by atoms with E-state index in [4.69, 9.17) is 5.73 Å². The number of benzene rings is 1. The topological polar surface area (TPSA) is 55.1 Å². The molecule has 118 valence electrons. The predicted octanol–water partition coefficient (Wildman–Crippen LogP) is 3.54. The van der Waals surface area contributed by atoms with Crippen LogP contribution in [0.4, 0.5) is 18.9 Å². The average Bonchev–Trinajstić information content (AvgIpc) is 2.39. The molecular formula is C14H18ClF3N2O. The molecule has 0 saturated heterocycles. The van der Waals surface area contributed by atoms with Crippen molar-refractivity contribution in [3.8, 4) is 0 Å². The fourth-order valence-corrected chi connectivity index (χ4v) is 2.47. The molecule has 1 aromatic carbocycles. The van der Waals surface area contributed by atoms with Crippen LogP contribution < -0.4 is 11.1 Å². The molecule has 0 bridgehead atoms. The van der Waals surface area contributed by atoms with Crippen molar-refractivity contribution in [3.05, 3.63) is 29.8 Å². The molecule has 0 atom stereocenters. The number of hydrogen-bond donors (Lipinski definition) is 2. The number of halogens is 4. The summed E-state index contributed by atoms with van der Waals surface area (Å²) in [5, 5.41) is 2.78. The Morgan fingerprint density at radius 1 is 1.10 bits per heavy atom. The Morgan fingerprint density at radius 3 is 2.10 bits per heavy atom. The van der Waals surface area contributed by atoms with Gasteiger partial charge in [-0.05, 0) is 49.9 Å². The van der Waals surface area contributed by atoms with Gasteiger partial charge in [-0.2, -0.15) is 13.2 Å². The number of alkyl halides is 3. The molecule has 1 aliphatic rings. The Bertz CT molecular complexity index is 468. The summed E-state index contributed by atoms with van der Waals surface area (Å²) in [6.07, 6.45) is -3.23. The van der Waals surface area contributed by atoms with Crippen LogP contribution in [0.25, 0.3) is 0 Å². The molecule has 1 saturated carbocycles. The fraction of sp³-hybridized carbons (Fsp3) is 0.500. The van der Waals surface area contributed by atoms with E-state index in [1.54, 1.807) is 24.3 Å². The van der Waals surface area contributed by atoms with Gasteiger partial charge in [-0.1, -0.05) is 0 Å². The second-order valence-corrected chi connectivity index (χ2v) is 5.19. The summed E-state index contributed by atoms with van der Waals surface area (Å²) < 4.78 is 37.6. The standard InChI is InChI=1S/C14H17F3N2O.ClH/c15-14(16,17)10-3-7-12(8-4-10)19-13(20)9-1-5-11(18)6-2-9;/h1-2,5-6,10,12H,3-4,7-8,18H2,(H,19,20);1H. The third-order valence-corrected chi connectivity index (χ3v) is 3.70. The molecule has 1 amide bonds. The maximum atomic E-state index is 12.5. The van der Waals surface area contributed by atoms with E-state index in [2.05, 4.69) is 5.32 Å². The van der Waals surface area contributed by atoms with Crippen LogP contribution in [0.5, 0.6) is 0 Å². The van der Waals surface area contributed by atoms with E-state index in [1.165, 1.54) is 0 Å². The summed E-state index contributed by atoms with van der Waals surface area (Å²) in [4.78, 5) is 11.9. The molecule has 1 aromatic rings. The lowest BCUT2D eigenvalue weighted by atomic mass is 9.85. The molecule has 0 spiro atoms. The Balaban J connectivity index is 0.00000220. The van der Waals surface area contributed by atoms with Crippen LogP contribution in [0.2, 0.25) is 0 Å². The van der Waals surface area contributed by atoms with E-state index in [0.717, 1.165) is 0 Å². The van der Waals surface area contributed by atoms with Gasteiger partial charge < -0.3 is 11.1 Å². The number of hydrogen-bond acceptors (Lipinski definition) is 2. The lowest BCUT2D eigenvalue weighted by Gasteiger charge is -2.30. The molecule has 7 heteroatoms. The van der Waals surface area contributed by atoms with Gasteiger partial charge in [0.2, 0.25) is 0 Å². The third kappa shape index (κ3) is 4.81. The number of nitrogens with one attached hydrogen (secondary N) is 1. The average molecular weight is 323 g/mol. The van der Waals surface area contributed by atoms with Crippen LogP contribution in [-0.4, -0.2) is 18.1 Å². The van der Waals surface area contributed by atoms with Gasteiger partial charge in [-0.25, -0.2) is 0 Å². The molecule has 0 unspecified atom stereocenters. The lowest BCUT2D eigenvalue weighted by molar-refractivity contribution is -0.182. The van der Waals surface area contributed by atoms with Gasteiger partial charge >= 0.3 is 6.18 Å². The van der Waals surface area contributed by atoms with E-state index >= 15 is 0 Å². The van der Waals surface area contributed by atoms with E-state index in [-0.39, 0.29) is 37.2 Å². The van der Waals surface area contributed by atoms with Crippen molar-refractivity contribution >= 4 is 24.0 Å². The van der Waals surface area contributed by atoms with E-state index < -0.39 is 12.1 Å². The Morgan fingerprint density at radius 2 is 1.62 bits per heavy atom. The molecule has 3 N–H and O–H groups in total. The summed E-state index contributed by atoms with van der Waals surface area (Å²) in [6, 6.07) is 6.27. The number of anilines is 1. The van der Waals surface area contributed by atoms with Crippen molar-refractivity contribution < 1.29 is 18.0 Å². The van der Waals surface area contributed by atoms with Crippen LogP contribution in [-0.2, 0) is 0 Å². The summed E-state index contributed by atoms with van der Waals surface area (Å²) in [5.41, 5.74) is 6.56. The minimum atomic E-state index is -4.12. The SMILES string of the molecule is Cl.Nc1ccc(C(=O)NC2CCC(C(F)(F)F)CC2)cc1. The van der Waals surface area contributed by atoms with Crippen molar-refractivity contribution in [1.82, 2.24) is 5.32 Å². The quantitative estimate of drug-likeness (QED) is 0.818. The largest absolute Gasteiger partial charge is 0.399 e. The Labute approximate surface area is 127 Å². The first-order valence-electron chi connectivity index (χ1n) is 6.59. The molecule has 21 heavy (non-hydrogen) atoms.